The molecule has 0 bridgehead atoms. The van der Waals surface area contributed by atoms with Gasteiger partial charge in [-0.2, -0.15) is 0 Å². The number of hydrogen-bond donors (Lipinski definition) is 2. The molecular formula is C30H20Br2N4S2. The minimum atomic E-state index is 0.870. The summed E-state index contributed by atoms with van der Waals surface area (Å²) in [4.78, 5) is 9.53. The Bertz CT molecular complexity index is 1570. The van der Waals surface area contributed by atoms with E-state index in [4.69, 9.17) is 9.97 Å². The zero-order valence-electron chi connectivity index (χ0n) is 19.9. The first kappa shape index (κ1) is 25.0. The minimum Gasteiger partial charge on any atom is -0.332 e. The first-order valence-electron chi connectivity index (χ1n) is 11.8. The molecule has 2 heterocycles. The molecule has 2 aromatic heterocycles. The van der Waals surface area contributed by atoms with Crippen molar-refractivity contribution >= 4 is 76.2 Å². The summed E-state index contributed by atoms with van der Waals surface area (Å²) in [6.07, 6.45) is 0. The van der Waals surface area contributed by atoms with Gasteiger partial charge in [-0.3, -0.25) is 0 Å². The van der Waals surface area contributed by atoms with E-state index in [9.17, 15) is 0 Å². The highest BCUT2D eigenvalue weighted by Gasteiger charge is 2.08. The summed E-state index contributed by atoms with van der Waals surface area (Å²) >= 11 is 10.2. The number of nitrogens with zero attached hydrogens (tertiary/aromatic N) is 2. The van der Waals surface area contributed by atoms with Gasteiger partial charge in [-0.1, -0.05) is 92.5 Å². The van der Waals surface area contributed by atoms with Crippen molar-refractivity contribution in [2.24, 2.45) is 0 Å². The van der Waals surface area contributed by atoms with Crippen LogP contribution in [0.3, 0.4) is 0 Å². The van der Waals surface area contributed by atoms with Gasteiger partial charge in [0.15, 0.2) is 10.3 Å². The van der Waals surface area contributed by atoms with Gasteiger partial charge in [-0.05, 0) is 47.5 Å². The number of hydrogen-bond acceptors (Lipinski definition) is 6. The molecule has 0 saturated carbocycles. The van der Waals surface area contributed by atoms with Crippen molar-refractivity contribution in [1.29, 1.82) is 0 Å². The molecule has 0 aliphatic carbocycles. The van der Waals surface area contributed by atoms with Crippen LogP contribution in [0.15, 0.2) is 117 Å². The fourth-order valence-electron chi connectivity index (χ4n) is 3.97. The lowest BCUT2D eigenvalue weighted by molar-refractivity contribution is 1.38. The Morgan fingerprint density at radius 1 is 0.500 bits per heavy atom. The Labute approximate surface area is 245 Å². The maximum absolute atomic E-state index is 4.76. The summed E-state index contributed by atoms with van der Waals surface area (Å²) in [5.41, 5.74) is 8.46. The van der Waals surface area contributed by atoms with E-state index in [-0.39, 0.29) is 0 Å². The van der Waals surface area contributed by atoms with Crippen LogP contribution >= 0.6 is 54.5 Å². The molecular weight excluding hydrogens is 640 g/mol. The summed E-state index contributed by atoms with van der Waals surface area (Å²) in [5, 5.41) is 12.6. The second-order valence-corrected chi connectivity index (χ2v) is 12.0. The molecule has 4 aromatic carbocycles. The van der Waals surface area contributed by atoms with Crippen LogP contribution in [0.5, 0.6) is 0 Å². The second-order valence-electron chi connectivity index (χ2n) is 8.50. The van der Waals surface area contributed by atoms with Crippen LogP contribution in [-0.2, 0) is 0 Å². The van der Waals surface area contributed by atoms with Crippen molar-refractivity contribution < 1.29 is 0 Å². The summed E-state index contributed by atoms with van der Waals surface area (Å²) in [6, 6.07) is 33.2. The van der Waals surface area contributed by atoms with Gasteiger partial charge in [-0.15, -0.1) is 22.7 Å². The summed E-state index contributed by atoms with van der Waals surface area (Å²) in [5.74, 6) is 0. The van der Waals surface area contributed by atoms with E-state index < -0.39 is 0 Å². The zero-order chi connectivity index (χ0) is 25.9. The number of halogens is 2. The maximum Gasteiger partial charge on any atom is 0.187 e. The van der Waals surface area contributed by atoms with Crippen LogP contribution < -0.4 is 10.6 Å². The van der Waals surface area contributed by atoms with Crippen LogP contribution in [-0.4, -0.2) is 9.97 Å². The van der Waals surface area contributed by atoms with E-state index in [0.29, 0.717) is 0 Å². The monoisotopic (exact) mass is 658 g/mol. The van der Waals surface area contributed by atoms with E-state index in [0.717, 1.165) is 53.1 Å². The molecule has 4 nitrogen and oxygen atoms in total. The fraction of sp³-hybridized carbons (Fsp3) is 0. The first-order valence-corrected chi connectivity index (χ1v) is 15.1. The molecule has 6 aromatic rings. The van der Waals surface area contributed by atoms with Gasteiger partial charge in [0.25, 0.3) is 0 Å². The van der Waals surface area contributed by atoms with Crippen LogP contribution in [0.1, 0.15) is 0 Å². The Morgan fingerprint density at radius 2 is 0.895 bits per heavy atom. The predicted octanol–water partition coefficient (Wildman–Crippen LogP) is 10.6. The maximum atomic E-state index is 4.76. The highest BCUT2D eigenvalue weighted by atomic mass is 79.9. The number of anilines is 4. The number of rotatable bonds is 7. The number of benzene rings is 4. The predicted molar refractivity (Wildman–Crippen MR) is 169 cm³/mol. The second kappa shape index (κ2) is 11.2. The molecule has 0 fully saturated rings. The van der Waals surface area contributed by atoms with Crippen LogP contribution in [0, 0.1) is 0 Å². The van der Waals surface area contributed by atoms with Gasteiger partial charge >= 0.3 is 0 Å². The number of nitrogens with one attached hydrogen (secondary N) is 2. The largest absolute Gasteiger partial charge is 0.332 e. The third-order valence-electron chi connectivity index (χ3n) is 5.85. The molecule has 0 unspecified atom stereocenters. The molecule has 0 radical (unpaired) electrons. The van der Waals surface area contributed by atoms with E-state index in [1.54, 1.807) is 22.7 Å². The average molecular weight is 660 g/mol. The highest BCUT2D eigenvalue weighted by molar-refractivity contribution is 9.10. The Balaban J connectivity index is 1.13. The molecule has 2 N–H and O–H groups in total. The van der Waals surface area contributed by atoms with Crippen LogP contribution in [0.4, 0.5) is 21.6 Å². The average Bonchev–Trinajstić information content (AvgIpc) is 3.59. The van der Waals surface area contributed by atoms with Crippen LogP contribution in [0.2, 0.25) is 0 Å². The molecule has 0 aliphatic rings. The topological polar surface area (TPSA) is 49.8 Å². The Kier molecular flexibility index (Phi) is 7.38. The quantitative estimate of drug-likeness (QED) is 0.179. The van der Waals surface area contributed by atoms with Gasteiger partial charge < -0.3 is 10.6 Å². The molecule has 6 rings (SSSR count). The first-order chi connectivity index (χ1) is 18.6. The molecule has 0 saturated heterocycles. The number of thiazole rings is 2. The summed E-state index contributed by atoms with van der Waals surface area (Å²) < 4.78 is 2.07. The van der Waals surface area contributed by atoms with Gasteiger partial charge in [0.2, 0.25) is 0 Å². The molecule has 0 amide bonds. The molecule has 38 heavy (non-hydrogen) atoms. The normalized spacial score (nSPS) is 10.9. The molecule has 8 heteroatoms. The highest BCUT2D eigenvalue weighted by Crippen LogP contribution is 2.32. The third kappa shape index (κ3) is 5.89. The van der Waals surface area contributed by atoms with Gasteiger partial charge in [0.05, 0.1) is 11.4 Å². The lowest BCUT2D eigenvalue weighted by Crippen LogP contribution is -1.89. The SMILES string of the molecule is Brc1cccc(Nc2nc(-c3ccc(-c4ccc(-c5csc(Nc6cccc(Br)c6)n5)cc4)cc3)cs2)c1. The van der Waals surface area contributed by atoms with Crippen molar-refractivity contribution in [2.75, 3.05) is 10.6 Å². The van der Waals surface area contributed by atoms with E-state index in [2.05, 4.69) is 102 Å². The van der Waals surface area contributed by atoms with Crippen molar-refractivity contribution in [1.82, 2.24) is 9.97 Å². The molecule has 0 atom stereocenters. The molecule has 0 aliphatic heterocycles. The van der Waals surface area contributed by atoms with Crippen LogP contribution in [0.25, 0.3) is 33.6 Å². The third-order valence-corrected chi connectivity index (χ3v) is 8.36. The lowest BCUT2D eigenvalue weighted by atomic mass is 10.0. The fourth-order valence-corrected chi connectivity index (χ4v) is 6.25. The van der Waals surface area contributed by atoms with Crippen molar-refractivity contribution in [3.8, 4) is 33.6 Å². The summed E-state index contributed by atoms with van der Waals surface area (Å²) in [7, 11) is 0. The molecule has 0 spiro atoms. The van der Waals surface area contributed by atoms with Crippen molar-refractivity contribution in [2.45, 2.75) is 0 Å². The van der Waals surface area contributed by atoms with Crippen molar-refractivity contribution in [3.63, 3.8) is 0 Å². The standard InChI is InChI=1S/C30H20Br2N4S2/c31-23-3-1-5-25(15-23)33-29-35-27(17-37-29)21-11-7-19(8-12-21)20-9-13-22(14-10-20)28-18-38-30(36-28)34-26-6-2-4-24(32)16-26/h1-18H,(H,33,35)(H,34,36). The van der Waals surface area contributed by atoms with E-state index >= 15 is 0 Å². The Morgan fingerprint density at radius 3 is 1.29 bits per heavy atom. The van der Waals surface area contributed by atoms with Gasteiger partial charge in [-0.25, -0.2) is 9.97 Å². The van der Waals surface area contributed by atoms with Gasteiger partial charge in [0.1, 0.15) is 0 Å². The smallest absolute Gasteiger partial charge is 0.187 e. The van der Waals surface area contributed by atoms with Crippen molar-refractivity contribution in [3.05, 3.63) is 117 Å². The van der Waals surface area contributed by atoms with E-state index in [1.165, 1.54) is 11.1 Å². The summed E-state index contributed by atoms with van der Waals surface area (Å²) in [6.45, 7) is 0. The lowest BCUT2D eigenvalue weighted by Gasteiger charge is -2.05. The molecule has 186 valence electrons. The zero-order valence-corrected chi connectivity index (χ0v) is 24.7. The van der Waals surface area contributed by atoms with Gasteiger partial charge in [0, 0.05) is 42.2 Å². The number of aromatic nitrogens is 2. The minimum absolute atomic E-state index is 0.870. The Hall–Kier alpha value is -3.30. The van der Waals surface area contributed by atoms with E-state index in [1.807, 2.05) is 48.5 Å².